The Kier molecular flexibility index (Phi) is 5.59. The molecular formula is C16H18BrNO2. The molecule has 2 aromatic carbocycles. The van der Waals surface area contributed by atoms with E-state index in [4.69, 9.17) is 15.2 Å². The lowest BCUT2D eigenvalue weighted by molar-refractivity contribution is 0.202. The van der Waals surface area contributed by atoms with Crippen molar-refractivity contribution in [1.82, 2.24) is 0 Å². The summed E-state index contributed by atoms with van der Waals surface area (Å²) in [5.41, 5.74) is 7.96. The van der Waals surface area contributed by atoms with Gasteiger partial charge in [-0.05, 0) is 36.2 Å². The number of halogens is 1. The molecule has 0 bridgehead atoms. The van der Waals surface area contributed by atoms with Crippen molar-refractivity contribution in [3.63, 3.8) is 0 Å². The molecule has 106 valence electrons. The third-order valence-electron chi connectivity index (χ3n) is 3.03. The topological polar surface area (TPSA) is 44.5 Å². The molecule has 20 heavy (non-hydrogen) atoms. The highest BCUT2D eigenvalue weighted by molar-refractivity contribution is 9.10. The molecule has 0 saturated heterocycles. The lowest BCUT2D eigenvalue weighted by Gasteiger charge is -2.12. The summed E-state index contributed by atoms with van der Waals surface area (Å²) in [6.45, 7) is 1.16. The van der Waals surface area contributed by atoms with Crippen LogP contribution in [0.4, 0.5) is 0 Å². The van der Waals surface area contributed by atoms with Crippen molar-refractivity contribution in [3.05, 3.63) is 58.1 Å². The number of hydrogen-bond acceptors (Lipinski definition) is 3. The molecule has 2 rings (SSSR count). The van der Waals surface area contributed by atoms with E-state index < -0.39 is 0 Å². The van der Waals surface area contributed by atoms with Crippen molar-refractivity contribution in [2.24, 2.45) is 5.73 Å². The maximum absolute atomic E-state index is 5.90. The lowest BCUT2D eigenvalue weighted by atomic mass is 10.1. The van der Waals surface area contributed by atoms with Gasteiger partial charge in [0.15, 0.2) is 0 Å². The number of benzene rings is 2. The fourth-order valence-electron chi connectivity index (χ4n) is 1.90. The van der Waals surface area contributed by atoms with Crippen LogP contribution in [0, 0.1) is 0 Å². The Balaban J connectivity index is 2.12. The van der Waals surface area contributed by atoms with Crippen LogP contribution in [0.3, 0.4) is 0 Å². The number of hydrogen-bond donors (Lipinski definition) is 1. The Bertz CT molecular complexity index is 555. The molecule has 2 aromatic rings. The smallest absolute Gasteiger partial charge is 0.133 e. The summed E-state index contributed by atoms with van der Waals surface area (Å²) in [6.07, 6.45) is 0.904. The molecule has 0 saturated carbocycles. The van der Waals surface area contributed by atoms with Gasteiger partial charge < -0.3 is 15.2 Å². The van der Waals surface area contributed by atoms with E-state index in [1.54, 1.807) is 7.11 Å². The summed E-state index contributed by atoms with van der Waals surface area (Å²) < 4.78 is 11.9. The van der Waals surface area contributed by atoms with Crippen LogP contribution >= 0.6 is 15.9 Å². The molecule has 0 radical (unpaired) electrons. The van der Waals surface area contributed by atoms with Crippen LogP contribution in [-0.2, 0) is 17.7 Å². The summed E-state index contributed by atoms with van der Waals surface area (Å²) >= 11 is 3.49. The first-order valence-electron chi connectivity index (χ1n) is 6.47. The molecule has 0 aliphatic rings. The summed E-state index contributed by atoms with van der Waals surface area (Å²) in [7, 11) is 1.71. The third kappa shape index (κ3) is 3.82. The normalized spacial score (nSPS) is 10.6. The van der Waals surface area contributed by atoms with Crippen LogP contribution in [-0.4, -0.2) is 13.7 Å². The van der Waals surface area contributed by atoms with E-state index in [2.05, 4.69) is 28.1 Å². The van der Waals surface area contributed by atoms with Crippen LogP contribution in [0.25, 0.3) is 0 Å². The molecule has 0 aliphatic heterocycles. The molecule has 2 N–H and O–H groups in total. The summed E-state index contributed by atoms with van der Waals surface area (Å²) in [5, 5.41) is 0. The van der Waals surface area contributed by atoms with Crippen LogP contribution in [0.1, 0.15) is 11.1 Å². The average Bonchev–Trinajstić information content (AvgIpc) is 2.47. The Morgan fingerprint density at radius 2 is 1.85 bits per heavy atom. The first-order chi connectivity index (χ1) is 9.74. The van der Waals surface area contributed by atoms with Gasteiger partial charge in [-0.3, -0.25) is 0 Å². The van der Waals surface area contributed by atoms with E-state index in [1.807, 2.05) is 30.3 Å². The van der Waals surface area contributed by atoms with Gasteiger partial charge in [-0.2, -0.15) is 0 Å². The van der Waals surface area contributed by atoms with E-state index in [0.29, 0.717) is 6.54 Å². The van der Waals surface area contributed by atoms with Crippen molar-refractivity contribution in [2.75, 3.05) is 13.7 Å². The van der Waals surface area contributed by atoms with Gasteiger partial charge >= 0.3 is 0 Å². The minimum atomic E-state index is 0.433. The van der Waals surface area contributed by atoms with Crippen LogP contribution in [0.2, 0.25) is 0 Å². The fraction of sp³-hybridized carbons (Fsp3) is 0.250. The molecule has 0 heterocycles. The summed E-state index contributed by atoms with van der Waals surface area (Å²) in [5.74, 6) is 1.59. The largest absolute Gasteiger partial charge is 0.457 e. The van der Waals surface area contributed by atoms with Crippen LogP contribution < -0.4 is 10.5 Å². The molecule has 4 heteroatoms. The van der Waals surface area contributed by atoms with Gasteiger partial charge in [-0.15, -0.1) is 0 Å². The minimum absolute atomic E-state index is 0.433. The maximum Gasteiger partial charge on any atom is 0.133 e. The standard InChI is InChI=1S/C16H18BrNO2/c1-19-10-9-12-5-7-13(8-6-12)20-16-4-2-3-15(17)14(16)11-18/h2-8H,9-11,18H2,1H3. The van der Waals surface area contributed by atoms with Crippen molar-refractivity contribution >= 4 is 15.9 Å². The van der Waals surface area contributed by atoms with Gasteiger partial charge in [0.05, 0.1) is 6.61 Å². The van der Waals surface area contributed by atoms with Crippen molar-refractivity contribution < 1.29 is 9.47 Å². The van der Waals surface area contributed by atoms with Crippen molar-refractivity contribution in [2.45, 2.75) is 13.0 Å². The zero-order chi connectivity index (χ0) is 14.4. The first kappa shape index (κ1) is 15.0. The first-order valence-corrected chi connectivity index (χ1v) is 7.27. The number of nitrogens with two attached hydrogens (primary N) is 1. The molecule has 0 aromatic heterocycles. The van der Waals surface area contributed by atoms with Gasteiger partial charge in [-0.25, -0.2) is 0 Å². The average molecular weight is 336 g/mol. The molecular weight excluding hydrogens is 318 g/mol. The Labute approximate surface area is 127 Å². The highest BCUT2D eigenvalue weighted by atomic mass is 79.9. The Hall–Kier alpha value is -1.36. The van der Waals surface area contributed by atoms with Crippen LogP contribution in [0.5, 0.6) is 11.5 Å². The van der Waals surface area contributed by atoms with E-state index >= 15 is 0 Å². The molecule has 0 unspecified atom stereocenters. The van der Waals surface area contributed by atoms with Crippen LogP contribution in [0.15, 0.2) is 46.9 Å². The predicted molar refractivity (Wildman–Crippen MR) is 84.1 cm³/mol. The number of rotatable bonds is 6. The highest BCUT2D eigenvalue weighted by Gasteiger charge is 2.07. The lowest BCUT2D eigenvalue weighted by Crippen LogP contribution is -2.00. The van der Waals surface area contributed by atoms with E-state index in [1.165, 1.54) is 5.56 Å². The van der Waals surface area contributed by atoms with Gasteiger partial charge in [0, 0.05) is 23.7 Å². The molecule has 0 atom stereocenters. The minimum Gasteiger partial charge on any atom is -0.457 e. The van der Waals surface area contributed by atoms with Gasteiger partial charge in [0.2, 0.25) is 0 Å². The van der Waals surface area contributed by atoms with Gasteiger partial charge in [-0.1, -0.05) is 34.1 Å². The number of ether oxygens (including phenoxy) is 2. The second-order valence-corrected chi connectivity index (χ2v) is 5.26. The second kappa shape index (κ2) is 7.43. The fourth-order valence-corrected chi connectivity index (χ4v) is 2.41. The predicted octanol–water partition coefficient (Wildman–Crippen LogP) is 3.89. The second-order valence-electron chi connectivity index (χ2n) is 4.41. The van der Waals surface area contributed by atoms with Crippen molar-refractivity contribution in [1.29, 1.82) is 0 Å². The zero-order valence-electron chi connectivity index (χ0n) is 11.4. The van der Waals surface area contributed by atoms with E-state index in [0.717, 1.165) is 34.6 Å². The SMILES string of the molecule is COCCc1ccc(Oc2cccc(Br)c2CN)cc1. The number of methoxy groups -OCH3 is 1. The highest BCUT2D eigenvalue weighted by Crippen LogP contribution is 2.30. The molecule has 0 aliphatic carbocycles. The Morgan fingerprint density at radius 1 is 1.10 bits per heavy atom. The Morgan fingerprint density at radius 3 is 2.50 bits per heavy atom. The monoisotopic (exact) mass is 335 g/mol. The third-order valence-corrected chi connectivity index (χ3v) is 3.77. The summed E-state index contributed by atoms with van der Waals surface area (Å²) in [6, 6.07) is 13.8. The molecule has 3 nitrogen and oxygen atoms in total. The maximum atomic E-state index is 5.90. The quantitative estimate of drug-likeness (QED) is 0.870. The molecule has 0 fully saturated rings. The van der Waals surface area contributed by atoms with Gasteiger partial charge in [0.1, 0.15) is 11.5 Å². The van der Waals surface area contributed by atoms with E-state index in [9.17, 15) is 0 Å². The summed E-state index contributed by atoms with van der Waals surface area (Å²) in [4.78, 5) is 0. The van der Waals surface area contributed by atoms with E-state index in [-0.39, 0.29) is 0 Å². The zero-order valence-corrected chi connectivity index (χ0v) is 13.0. The molecule has 0 spiro atoms. The van der Waals surface area contributed by atoms with Crippen molar-refractivity contribution in [3.8, 4) is 11.5 Å². The molecule has 0 amide bonds. The van der Waals surface area contributed by atoms with Gasteiger partial charge in [0.25, 0.3) is 0 Å².